The van der Waals surface area contributed by atoms with Crippen molar-refractivity contribution in [2.24, 2.45) is 5.73 Å². The van der Waals surface area contributed by atoms with Gasteiger partial charge in [-0.15, -0.1) is 0 Å². The van der Waals surface area contributed by atoms with Crippen molar-refractivity contribution >= 4 is 11.6 Å². The first-order valence-corrected chi connectivity index (χ1v) is 4.49. The maximum absolute atomic E-state index is 13.3. The van der Waals surface area contributed by atoms with Crippen molar-refractivity contribution in [1.29, 1.82) is 0 Å². The van der Waals surface area contributed by atoms with Gasteiger partial charge in [-0.25, -0.2) is 17.6 Å². The SMILES string of the molecule is NCCC(F)(F)c1cc(F)c(F)cc1Cl. The summed E-state index contributed by atoms with van der Waals surface area (Å²) >= 11 is 5.39. The molecule has 1 rings (SSSR count). The summed E-state index contributed by atoms with van der Waals surface area (Å²) in [6, 6.07) is 0.921. The molecule has 0 aliphatic heterocycles. The standard InChI is InChI=1S/C9H8ClF4N/c10-6-4-8(12)7(11)3-5(6)9(13,14)1-2-15/h3-4H,1-2,15H2. The summed E-state index contributed by atoms with van der Waals surface area (Å²) in [4.78, 5) is 0. The van der Waals surface area contributed by atoms with Crippen molar-refractivity contribution in [3.05, 3.63) is 34.4 Å². The highest BCUT2D eigenvalue weighted by atomic mass is 35.5. The molecule has 0 radical (unpaired) electrons. The van der Waals surface area contributed by atoms with Gasteiger partial charge in [-0.3, -0.25) is 0 Å². The molecule has 0 saturated heterocycles. The molecule has 0 saturated carbocycles. The van der Waals surface area contributed by atoms with Crippen LogP contribution in [0, 0.1) is 11.6 Å². The number of rotatable bonds is 3. The quantitative estimate of drug-likeness (QED) is 0.639. The summed E-state index contributed by atoms with van der Waals surface area (Å²) in [6.45, 7) is -0.275. The minimum Gasteiger partial charge on any atom is -0.330 e. The van der Waals surface area contributed by atoms with Gasteiger partial charge in [-0.05, 0) is 18.7 Å². The summed E-state index contributed by atoms with van der Waals surface area (Å²) in [5.74, 6) is -5.96. The van der Waals surface area contributed by atoms with E-state index in [0.29, 0.717) is 12.1 Å². The van der Waals surface area contributed by atoms with Crippen molar-refractivity contribution < 1.29 is 17.6 Å². The molecule has 15 heavy (non-hydrogen) atoms. The van der Waals surface area contributed by atoms with Gasteiger partial charge in [0.05, 0.1) is 5.02 Å². The summed E-state index contributed by atoms with van der Waals surface area (Å²) in [5.41, 5.74) is 4.24. The first-order chi connectivity index (χ1) is 6.88. The van der Waals surface area contributed by atoms with Gasteiger partial charge in [0.1, 0.15) is 0 Å². The van der Waals surface area contributed by atoms with Gasteiger partial charge in [0.2, 0.25) is 0 Å². The number of benzene rings is 1. The Morgan fingerprint density at radius 3 is 2.27 bits per heavy atom. The first kappa shape index (κ1) is 12.3. The average Bonchev–Trinajstić information content (AvgIpc) is 2.11. The van der Waals surface area contributed by atoms with Crippen LogP contribution in [0.15, 0.2) is 12.1 Å². The van der Waals surface area contributed by atoms with Crippen molar-refractivity contribution in [3.8, 4) is 0 Å². The van der Waals surface area contributed by atoms with Crippen LogP contribution in [0.4, 0.5) is 17.6 Å². The van der Waals surface area contributed by atoms with Gasteiger partial charge >= 0.3 is 0 Å². The zero-order valence-electron chi connectivity index (χ0n) is 7.54. The average molecular weight is 242 g/mol. The van der Waals surface area contributed by atoms with Crippen LogP contribution in [0.1, 0.15) is 12.0 Å². The molecular weight excluding hydrogens is 234 g/mol. The Morgan fingerprint density at radius 1 is 1.20 bits per heavy atom. The third kappa shape index (κ3) is 2.60. The fourth-order valence-electron chi connectivity index (χ4n) is 1.12. The third-order valence-electron chi connectivity index (χ3n) is 1.86. The summed E-state index contributed by atoms with van der Waals surface area (Å²) in [7, 11) is 0. The second-order valence-electron chi connectivity index (χ2n) is 2.99. The highest BCUT2D eigenvalue weighted by Crippen LogP contribution is 2.36. The lowest BCUT2D eigenvalue weighted by Gasteiger charge is -2.17. The fraction of sp³-hybridized carbons (Fsp3) is 0.333. The predicted molar refractivity (Wildman–Crippen MR) is 48.9 cm³/mol. The minimum absolute atomic E-state index is 0.275. The van der Waals surface area contributed by atoms with E-state index in [4.69, 9.17) is 17.3 Å². The maximum atomic E-state index is 13.3. The molecule has 6 heteroatoms. The van der Waals surface area contributed by atoms with Crippen molar-refractivity contribution in [2.45, 2.75) is 12.3 Å². The minimum atomic E-state index is -3.35. The summed E-state index contributed by atoms with van der Waals surface area (Å²) in [6.07, 6.45) is -0.669. The van der Waals surface area contributed by atoms with Gasteiger partial charge < -0.3 is 5.73 Å². The van der Waals surface area contributed by atoms with Gasteiger partial charge in [0.15, 0.2) is 11.6 Å². The molecule has 0 bridgehead atoms. The van der Waals surface area contributed by atoms with Crippen LogP contribution in [0.5, 0.6) is 0 Å². The lowest BCUT2D eigenvalue weighted by atomic mass is 10.1. The van der Waals surface area contributed by atoms with Gasteiger partial charge in [-0.1, -0.05) is 11.6 Å². The number of hydrogen-bond acceptors (Lipinski definition) is 1. The van der Waals surface area contributed by atoms with E-state index in [2.05, 4.69) is 0 Å². The molecular formula is C9H8ClF4N. The molecule has 1 aromatic carbocycles. The monoisotopic (exact) mass is 241 g/mol. The van der Waals surface area contributed by atoms with E-state index in [0.717, 1.165) is 0 Å². The highest BCUT2D eigenvalue weighted by molar-refractivity contribution is 6.31. The lowest BCUT2D eigenvalue weighted by Crippen LogP contribution is -2.19. The van der Waals surface area contributed by atoms with Crippen molar-refractivity contribution in [3.63, 3.8) is 0 Å². The van der Waals surface area contributed by atoms with Crippen LogP contribution >= 0.6 is 11.6 Å². The molecule has 0 aliphatic carbocycles. The zero-order chi connectivity index (χ0) is 11.6. The van der Waals surface area contributed by atoms with Gasteiger partial charge in [0.25, 0.3) is 5.92 Å². The second kappa shape index (κ2) is 4.37. The molecule has 0 aromatic heterocycles. The molecule has 0 spiro atoms. The second-order valence-corrected chi connectivity index (χ2v) is 3.40. The van der Waals surface area contributed by atoms with Gasteiger partial charge in [-0.2, -0.15) is 0 Å². The van der Waals surface area contributed by atoms with Crippen LogP contribution < -0.4 is 5.73 Å². The smallest absolute Gasteiger partial charge is 0.276 e. The Balaban J connectivity index is 3.19. The maximum Gasteiger partial charge on any atom is 0.276 e. The van der Waals surface area contributed by atoms with E-state index in [1.807, 2.05) is 0 Å². The Hall–Kier alpha value is -0.810. The molecule has 0 fully saturated rings. The van der Waals surface area contributed by atoms with E-state index in [1.165, 1.54) is 0 Å². The molecule has 2 N–H and O–H groups in total. The highest BCUT2D eigenvalue weighted by Gasteiger charge is 2.33. The summed E-state index contributed by atoms with van der Waals surface area (Å²) in [5, 5.41) is -0.507. The van der Waals surface area contributed by atoms with Crippen molar-refractivity contribution in [2.75, 3.05) is 6.54 Å². The van der Waals surface area contributed by atoms with Crippen LogP contribution in [0.2, 0.25) is 5.02 Å². The molecule has 0 unspecified atom stereocenters. The molecule has 0 heterocycles. The summed E-state index contributed by atoms with van der Waals surface area (Å²) < 4.78 is 51.9. The largest absolute Gasteiger partial charge is 0.330 e. The lowest BCUT2D eigenvalue weighted by molar-refractivity contribution is -0.0109. The molecule has 0 atom stereocenters. The normalized spacial score (nSPS) is 11.9. The van der Waals surface area contributed by atoms with E-state index < -0.39 is 34.6 Å². The van der Waals surface area contributed by atoms with E-state index >= 15 is 0 Å². The fourth-order valence-corrected chi connectivity index (χ4v) is 1.41. The number of alkyl halides is 2. The number of hydrogen-bond donors (Lipinski definition) is 1. The molecule has 0 aliphatic rings. The van der Waals surface area contributed by atoms with Crippen LogP contribution in [-0.2, 0) is 5.92 Å². The zero-order valence-corrected chi connectivity index (χ0v) is 8.29. The molecule has 0 amide bonds. The molecule has 84 valence electrons. The van der Waals surface area contributed by atoms with E-state index in [-0.39, 0.29) is 6.54 Å². The first-order valence-electron chi connectivity index (χ1n) is 4.11. The topological polar surface area (TPSA) is 26.0 Å². The Bertz CT molecular complexity index is 367. The number of halogens is 5. The Morgan fingerprint density at radius 2 is 1.73 bits per heavy atom. The Labute approximate surface area is 88.8 Å². The van der Waals surface area contributed by atoms with Crippen LogP contribution in [-0.4, -0.2) is 6.54 Å². The molecule has 1 nitrogen and oxygen atoms in total. The van der Waals surface area contributed by atoms with Crippen LogP contribution in [0.25, 0.3) is 0 Å². The molecule has 1 aromatic rings. The predicted octanol–water partition coefficient (Wildman–Crippen LogP) is 3.06. The van der Waals surface area contributed by atoms with E-state index in [1.54, 1.807) is 0 Å². The van der Waals surface area contributed by atoms with Crippen molar-refractivity contribution in [1.82, 2.24) is 0 Å². The van der Waals surface area contributed by atoms with Gasteiger partial charge in [0, 0.05) is 12.0 Å². The van der Waals surface area contributed by atoms with Crippen LogP contribution in [0.3, 0.4) is 0 Å². The Kier molecular flexibility index (Phi) is 3.57. The number of nitrogens with two attached hydrogens (primary N) is 1. The van der Waals surface area contributed by atoms with E-state index in [9.17, 15) is 17.6 Å². The third-order valence-corrected chi connectivity index (χ3v) is 2.18.